The van der Waals surface area contributed by atoms with E-state index in [0.717, 1.165) is 11.0 Å². The van der Waals surface area contributed by atoms with E-state index in [1.165, 1.54) is 11.2 Å². The van der Waals surface area contributed by atoms with Gasteiger partial charge in [0.15, 0.2) is 27.8 Å². The molecular weight excluding hydrogens is 655 g/mol. The molecule has 0 spiro atoms. The second-order valence-corrected chi connectivity index (χ2v) is 33.2. The van der Waals surface area contributed by atoms with Crippen molar-refractivity contribution in [3.63, 3.8) is 0 Å². The lowest BCUT2D eigenvalue weighted by atomic mass is 10.2. The van der Waals surface area contributed by atoms with Gasteiger partial charge in [0.05, 0.1) is 27.1 Å². The minimum atomic E-state index is -2.23. The summed E-state index contributed by atoms with van der Waals surface area (Å²) in [4.78, 5) is 21.6. The van der Waals surface area contributed by atoms with Gasteiger partial charge in [-0.2, -0.15) is 4.98 Å². The van der Waals surface area contributed by atoms with Crippen molar-refractivity contribution in [2.45, 2.75) is 141 Å². The van der Waals surface area contributed by atoms with Crippen molar-refractivity contribution < 1.29 is 18.4 Å². The molecule has 14 heteroatoms. The predicted molar refractivity (Wildman–Crippen MR) is 199 cm³/mol. The third-order valence-electron chi connectivity index (χ3n) is 11.9. The molecule has 1 saturated heterocycles. The first-order valence-electron chi connectivity index (χ1n) is 17.1. The van der Waals surface area contributed by atoms with E-state index in [2.05, 4.69) is 121 Å². The van der Waals surface area contributed by atoms with Crippen LogP contribution in [0, 0.1) is 0 Å². The molecule has 2 unspecified atom stereocenters. The van der Waals surface area contributed by atoms with Crippen LogP contribution in [0.3, 0.4) is 0 Å². The number of imidazole rings is 1. The van der Waals surface area contributed by atoms with Crippen LogP contribution < -0.4 is 4.84 Å². The van der Waals surface area contributed by atoms with Gasteiger partial charge in [-0.3, -0.25) is 4.57 Å². The molecule has 4 aromatic rings. The lowest BCUT2D eigenvalue weighted by Gasteiger charge is -2.48. The lowest BCUT2D eigenvalue weighted by molar-refractivity contribution is -0.0384. The van der Waals surface area contributed by atoms with E-state index >= 15 is 0 Å². The summed E-state index contributed by atoms with van der Waals surface area (Å²) >= 11 is 0. The molecule has 0 aliphatic carbocycles. The molecule has 0 radical (unpaired) electrons. The summed E-state index contributed by atoms with van der Waals surface area (Å²) in [6.45, 7) is 35.5. The highest BCUT2D eigenvalue weighted by Crippen LogP contribution is 2.57. The quantitative estimate of drug-likeness (QED) is 0.158. The molecule has 11 nitrogen and oxygen atoms in total. The number of hydrogen-bond donors (Lipinski definition) is 0. The van der Waals surface area contributed by atoms with Gasteiger partial charge in [0.1, 0.15) is 29.7 Å². The Kier molecular flexibility index (Phi) is 9.48. The number of benzene rings is 1. The van der Waals surface area contributed by atoms with Crippen molar-refractivity contribution in [3.8, 4) is 5.88 Å². The molecule has 5 rings (SSSR count). The molecule has 264 valence electrons. The molecular formula is C34H57N7O4Si3. The fourth-order valence-electron chi connectivity index (χ4n) is 5.63. The zero-order valence-corrected chi connectivity index (χ0v) is 34.7. The fraction of sp³-hybridized carbons (Fsp3) is 0.676. The van der Waals surface area contributed by atoms with Crippen molar-refractivity contribution in [2.75, 3.05) is 6.61 Å². The van der Waals surface area contributed by atoms with Crippen molar-refractivity contribution in [1.82, 2.24) is 34.7 Å². The van der Waals surface area contributed by atoms with Crippen LogP contribution in [0.2, 0.25) is 59.9 Å². The zero-order valence-electron chi connectivity index (χ0n) is 31.7. The van der Waals surface area contributed by atoms with Crippen LogP contribution in [0.25, 0.3) is 22.2 Å². The van der Waals surface area contributed by atoms with E-state index in [4.69, 9.17) is 28.4 Å². The molecule has 1 aliphatic rings. The van der Waals surface area contributed by atoms with Crippen LogP contribution in [0.15, 0.2) is 36.9 Å². The van der Waals surface area contributed by atoms with Gasteiger partial charge in [-0.05, 0) is 58.6 Å². The summed E-state index contributed by atoms with van der Waals surface area (Å²) in [6, 6.07) is 7.62. The maximum absolute atomic E-state index is 7.47. The number of rotatable bonds is 9. The average Bonchev–Trinajstić information content (AvgIpc) is 3.66. The van der Waals surface area contributed by atoms with Gasteiger partial charge < -0.3 is 18.4 Å². The lowest BCUT2D eigenvalue weighted by Crippen LogP contribution is -2.54. The van der Waals surface area contributed by atoms with E-state index < -0.39 is 24.7 Å². The molecule has 0 saturated carbocycles. The van der Waals surface area contributed by atoms with Crippen molar-refractivity contribution in [3.05, 3.63) is 36.9 Å². The maximum Gasteiger partial charge on any atom is 0.280 e. The third-order valence-corrected chi connectivity index (χ3v) is 27.0. The number of ether oxygens (including phenoxy) is 1. The first-order chi connectivity index (χ1) is 22.0. The minimum Gasteiger partial charge on any atom is -0.414 e. The molecule has 1 fully saturated rings. The summed E-state index contributed by atoms with van der Waals surface area (Å²) in [7, 11) is -6.47. The molecule has 4 heterocycles. The van der Waals surface area contributed by atoms with Gasteiger partial charge in [-0.25, -0.2) is 9.97 Å². The van der Waals surface area contributed by atoms with Crippen molar-refractivity contribution in [2.24, 2.45) is 0 Å². The molecule has 4 atom stereocenters. The average molecular weight is 712 g/mol. The van der Waals surface area contributed by atoms with Crippen LogP contribution in [0.5, 0.6) is 5.88 Å². The van der Waals surface area contributed by atoms with Gasteiger partial charge in [0, 0.05) is 5.54 Å². The molecule has 0 bridgehead atoms. The van der Waals surface area contributed by atoms with Gasteiger partial charge >= 0.3 is 0 Å². The van der Waals surface area contributed by atoms with E-state index in [1.54, 1.807) is 0 Å². The Hall–Kier alpha value is -2.50. The number of nitrogens with zero attached hydrogens (tertiary/aromatic N) is 7. The standard InChI is InChI=1S/C34H57N7O4Si3/c1-32(2,3)46(10,11)28-27(45-48(14,15)34(7,8)9)25(20-42-47(12,13)33(4,5)6)43-31(28)40-22-37-26-29(40)35-21-36-30(26)44-41-24-19-17-16-18-23(24)38-39-41/h16-19,21-22,25,27-28,31H,20H2,1-15H3/t25-,27?,28?,31-/m1/s1. The Bertz CT molecular complexity index is 1750. The smallest absolute Gasteiger partial charge is 0.280 e. The number of hydrogen-bond acceptors (Lipinski definition) is 9. The van der Waals surface area contributed by atoms with Gasteiger partial charge in [-0.1, -0.05) is 92.4 Å². The van der Waals surface area contributed by atoms with Crippen LogP contribution in [-0.2, 0) is 13.6 Å². The van der Waals surface area contributed by atoms with Crippen LogP contribution >= 0.6 is 0 Å². The summed E-state index contributed by atoms with van der Waals surface area (Å²) in [5.74, 6) is 0.295. The summed E-state index contributed by atoms with van der Waals surface area (Å²) < 4.78 is 23.7. The second-order valence-electron chi connectivity index (χ2n) is 18.0. The highest BCUT2D eigenvalue weighted by atomic mass is 28.4. The fourth-order valence-corrected chi connectivity index (χ4v) is 11.2. The van der Waals surface area contributed by atoms with Crippen molar-refractivity contribution in [1.29, 1.82) is 0 Å². The summed E-state index contributed by atoms with van der Waals surface area (Å²) in [5.41, 5.74) is 2.70. The topological polar surface area (TPSA) is 111 Å². The van der Waals surface area contributed by atoms with Crippen LogP contribution in [0.1, 0.15) is 68.5 Å². The highest BCUT2D eigenvalue weighted by molar-refractivity contribution is 6.82. The van der Waals surface area contributed by atoms with Crippen LogP contribution in [0.4, 0.5) is 0 Å². The van der Waals surface area contributed by atoms with E-state index in [1.807, 2.05) is 30.6 Å². The Balaban J connectivity index is 1.61. The largest absolute Gasteiger partial charge is 0.414 e. The monoisotopic (exact) mass is 711 g/mol. The van der Waals surface area contributed by atoms with Gasteiger partial charge in [0.2, 0.25) is 0 Å². The first kappa shape index (κ1) is 36.8. The third kappa shape index (κ3) is 6.67. The van der Waals surface area contributed by atoms with Gasteiger partial charge in [-0.15, -0.1) is 5.10 Å². The van der Waals surface area contributed by atoms with Gasteiger partial charge in [0.25, 0.3) is 5.88 Å². The Labute approximate surface area is 289 Å². The molecule has 0 amide bonds. The van der Waals surface area contributed by atoms with Crippen LogP contribution in [-0.4, -0.2) is 78.2 Å². The molecule has 0 N–H and O–H groups in total. The zero-order chi connectivity index (χ0) is 35.7. The molecule has 1 aromatic carbocycles. The van der Waals surface area contributed by atoms with E-state index in [0.29, 0.717) is 23.7 Å². The Morgan fingerprint density at radius 1 is 0.812 bits per heavy atom. The first-order valence-corrected chi connectivity index (χ1v) is 26.0. The number of fused-ring (bicyclic) bond motifs is 2. The van der Waals surface area contributed by atoms with E-state index in [9.17, 15) is 0 Å². The molecule has 3 aromatic heterocycles. The maximum atomic E-state index is 7.47. The summed E-state index contributed by atoms with van der Waals surface area (Å²) in [5, 5.41) is 8.56. The molecule has 1 aliphatic heterocycles. The number of aromatic nitrogens is 7. The SMILES string of the molecule is CC(C)(C)[Si](C)(C)OC[C@H]1O[C@@H](n2cnc3c(On4nnc5ccccc54)ncnc32)C([Si](C)(C)C(C)(C)C)C1O[Si](C)(C)C(C)(C)C. The normalized spacial score (nSPS) is 21.8. The Morgan fingerprint density at radius 2 is 1.46 bits per heavy atom. The minimum absolute atomic E-state index is 0.0284. The molecule has 48 heavy (non-hydrogen) atoms. The Morgan fingerprint density at radius 3 is 2.08 bits per heavy atom. The number of para-hydroxylation sites is 1. The van der Waals surface area contributed by atoms with E-state index in [-0.39, 0.29) is 39.1 Å². The van der Waals surface area contributed by atoms with Crippen molar-refractivity contribution >= 4 is 46.9 Å². The second kappa shape index (κ2) is 12.4. The summed E-state index contributed by atoms with van der Waals surface area (Å²) in [6.07, 6.45) is 2.55. The highest BCUT2D eigenvalue weighted by Gasteiger charge is 2.59. The predicted octanol–water partition coefficient (Wildman–Crippen LogP) is 8.60.